The number of hydrogen-bond acceptors (Lipinski definition) is 8. The second-order valence-corrected chi connectivity index (χ2v) is 9.71. The van der Waals surface area contributed by atoms with Crippen LogP contribution in [0, 0.1) is 0 Å². The Morgan fingerprint density at radius 2 is 0.950 bits per heavy atom. The highest BCUT2D eigenvalue weighted by atomic mass is 16.6. The first-order valence-corrected chi connectivity index (χ1v) is 14.1. The molecule has 0 radical (unpaired) electrons. The molecule has 0 N–H and O–H groups in total. The summed E-state index contributed by atoms with van der Waals surface area (Å²) in [6, 6.07) is 15.6. The van der Waals surface area contributed by atoms with Crippen LogP contribution >= 0.6 is 0 Å². The molecule has 218 valence electrons. The van der Waals surface area contributed by atoms with E-state index < -0.39 is 12.2 Å². The van der Waals surface area contributed by atoms with Gasteiger partial charge in [-0.2, -0.15) is 0 Å². The quantitative estimate of drug-likeness (QED) is 0.135. The minimum absolute atomic E-state index is 0.142. The SMILES string of the molecule is CCCCC(=O)OC(COC)COc1c2ccccc2c(OCC(COC)OC(=O)CCCC)c2ccccc12. The zero-order chi connectivity index (χ0) is 28.7. The van der Waals surface area contributed by atoms with Crippen LogP contribution in [0.4, 0.5) is 0 Å². The number of esters is 2. The highest BCUT2D eigenvalue weighted by molar-refractivity contribution is 6.11. The summed E-state index contributed by atoms with van der Waals surface area (Å²) in [5.41, 5.74) is 0. The maximum absolute atomic E-state index is 12.3. The molecule has 40 heavy (non-hydrogen) atoms. The van der Waals surface area contributed by atoms with Gasteiger partial charge in [0, 0.05) is 48.6 Å². The minimum Gasteiger partial charge on any atom is -0.488 e. The van der Waals surface area contributed by atoms with Crippen LogP contribution in [0.3, 0.4) is 0 Å². The molecule has 0 aromatic heterocycles. The summed E-state index contributed by atoms with van der Waals surface area (Å²) < 4.78 is 34.6. The van der Waals surface area contributed by atoms with Crippen LogP contribution in [0.2, 0.25) is 0 Å². The van der Waals surface area contributed by atoms with Crippen molar-refractivity contribution in [2.45, 2.75) is 64.6 Å². The third kappa shape index (κ3) is 8.83. The Morgan fingerprint density at radius 1 is 0.600 bits per heavy atom. The lowest BCUT2D eigenvalue weighted by molar-refractivity contribution is -0.154. The van der Waals surface area contributed by atoms with E-state index in [0.29, 0.717) is 24.3 Å². The molecule has 0 spiro atoms. The molecule has 0 fully saturated rings. The number of benzene rings is 3. The van der Waals surface area contributed by atoms with Crippen molar-refractivity contribution in [1.29, 1.82) is 0 Å². The second kappa shape index (κ2) is 16.7. The fraction of sp³-hybridized carbons (Fsp3) is 0.500. The fourth-order valence-electron chi connectivity index (χ4n) is 4.45. The number of methoxy groups -OCH3 is 2. The van der Waals surface area contributed by atoms with Crippen molar-refractivity contribution in [3.8, 4) is 11.5 Å². The summed E-state index contributed by atoms with van der Waals surface area (Å²) in [4.78, 5) is 24.5. The average molecular weight is 555 g/mol. The maximum Gasteiger partial charge on any atom is 0.306 e. The normalized spacial score (nSPS) is 12.7. The summed E-state index contributed by atoms with van der Waals surface area (Å²) >= 11 is 0. The van der Waals surface area contributed by atoms with Gasteiger partial charge in [-0.1, -0.05) is 75.2 Å². The van der Waals surface area contributed by atoms with Gasteiger partial charge in [-0.3, -0.25) is 9.59 Å². The first-order valence-electron chi connectivity index (χ1n) is 14.1. The molecule has 8 heteroatoms. The predicted octanol–water partition coefficient (Wildman–Crippen LogP) is 6.25. The Morgan fingerprint density at radius 3 is 1.25 bits per heavy atom. The van der Waals surface area contributed by atoms with Gasteiger partial charge in [0.05, 0.1) is 13.2 Å². The number of fused-ring (bicyclic) bond motifs is 2. The third-order valence-corrected chi connectivity index (χ3v) is 6.43. The zero-order valence-corrected chi connectivity index (χ0v) is 24.1. The van der Waals surface area contributed by atoms with Gasteiger partial charge in [-0.15, -0.1) is 0 Å². The van der Waals surface area contributed by atoms with Crippen LogP contribution in [0.5, 0.6) is 11.5 Å². The van der Waals surface area contributed by atoms with Crippen molar-refractivity contribution in [3.63, 3.8) is 0 Å². The summed E-state index contributed by atoms with van der Waals surface area (Å²) in [7, 11) is 3.14. The Balaban J connectivity index is 1.89. The van der Waals surface area contributed by atoms with Gasteiger partial charge in [0.25, 0.3) is 0 Å². The largest absolute Gasteiger partial charge is 0.488 e. The highest BCUT2D eigenvalue weighted by Crippen LogP contribution is 2.42. The molecule has 0 aliphatic rings. The van der Waals surface area contributed by atoms with E-state index in [9.17, 15) is 9.59 Å². The van der Waals surface area contributed by atoms with E-state index in [-0.39, 0.29) is 38.4 Å². The Bertz CT molecular complexity index is 1070. The lowest BCUT2D eigenvalue weighted by Gasteiger charge is -2.22. The van der Waals surface area contributed by atoms with E-state index >= 15 is 0 Å². The number of carbonyl (C=O) groups is 2. The number of carbonyl (C=O) groups excluding carboxylic acids is 2. The van der Waals surface area contributed by atoms with Crippen molar-refractivity contribution in [1.82, 2.24) is 0 Å². The first kappa shape index (κ1) is 31.2. The van der Waals surface area contributed by atoms with E-state index in [4.69, 9.17) is 28.4 Å². The van der Waals surface area contributed by atoms with Crippen molar-refractivity contribution in [2.24, 2.45) is 0 Å². The molecule has 0 aliphatic heterocycles. The van der Waals surface area contributed by atoms with E-state index in [0.717, 1.165) is 47.2 Å². The molecule has 3 aromatic rings. The Kier molecular flexibility index (Phi) is 13.0. The van der Waals surface area contributed by atoms with E-state index in [1.54, 1.807) is 14.2 Å². The number of unbranched alkanes of at least 4 members (excludes halogenated alkanes) is 2. The van der Waals surface area contributed by atoms with E-state index in [1.165, 1.54) is 0 Å². The molecule has 2 atom stereocenters. The smallest absolute Gasteiger partial charge is 0.306 e. The predicted molar refractivity (Wildman–Crippen MR) is 155 cm³/mol. The van der Waals surface area contributed by atoms with Crippen LogP contribution < -0.4 is 9.47 Å². The molecule has 0 saturated carbocycles. The van der Waals surface area contributed by atoms with Crippen molar-refractivity contribution < 1.29 is 38.0 Å². The summed E-state index contributed by atoms with van der Waals surface area (Å²) in [6.45, 7) is 4.81. The van der Waals surface area contributed by atoms with Crippen molar-refractivity contribution >= 4 is 33.5 Å². The minimum atomic E-state index is -0.542. The maximum atomic E-state index is 12.3. The highest BCUT2D eigenvalue weighted by Gasteiger charge is 2.21. The average Bonchev–Trinajstić information content (AvgIpc) is 2.96. The lowest BCUT2D eigenvalue weighted by Crippen LogP contribution is -2.29. The lowest BCUT2D eigenvalue weighted by atomic mass is 10.0. The van der Waals surface area contributed by atoms with Gasteiger partial charge >= 0.3 is 11.9 Å². The molecule has 2 unspecified atom stereocenters. The van der Waals surface area contributed by atoms with Crippen LogP contribution in [0.25, 0.3) is 21.5 Å². The molecule has 0 aliphatic carbocycles. The van der Waals surface area contributed by atoms with Crippen LogP contribution in [0.1, 0.15) is 52.4 Å². The molecular weight excluding hydrogens is 512 g/mol. The van der Waals surface area contributed by atoms with Gasteiger partial charge in [0.2, 0.25) is 0 Å². The van der Waals surface area contributed by atoms with Gasteiger partial charge in [-0.05, 0) is 12.8 Å². The Hall–Kier alpha value is -3.36. The topological polar surface area (TPSA) is 89.5 Å². The number of hydrogen-bond donors (Lipinski definition) is 0. The molecule has 0 heterocycles. The fourth-order valence-corrected chi connectivity index (χ4v) is 4.45. The van der Waals surface area contributed by atoms with Crippen LogP contribution in [-0.4, -0.2) is 64.8 Å². The van der Waals surface area contributed by atoms with Crippen LogP contribution in [-0.2, 0) is 28.5 Å². The molecule has 0 amide bonds. The van der Waals surface area contributed by atoms with Crippen LogP contribution in [0.15, 0.2) is 48.5 Å². The molecule has 0 saturated heterocycles. The van der Waals surface area contributed by atoms with Gasteiger partial charge in [-0.25, -0.2) is 0 Å². The molecule has 3 aromatic carbocycles. The summed E-state index contributed by atoms with van der Waals surface area (Å²) in [5.74, 6) is 0.825. The Labute approximate surface area is 236 Å². The molecule has 3 rings (SSSR count). The zero-order valence-electron chi connectivity index (χ0n) is 24.1. The summed E-state index contributed by atoms with van der Waals surface area (Å²) in [5, 5.41) is 3.42. The third-order valence-electron chi connectivity index (χ3n) is 6.43. The van der Waals surface area contributed by atoms with Gasteiger partial charge in [0.15, 0.2) is 12.2 Å². The van der Waals surface area contributed by atoms with E-state index in [2.05, 4.69) is 0 Å². The van der Waals surface area contributed by atoms with Gasteiger partial charge < -0.3 is 28.4 Å². The number of ether oxygens (including phenoxy) is 6. The molecular formula is C32H42O8. The number of rotatable bonds is 18. The second-order valence-electron chi connectivity index (χ2n) is 9.71. The first-order chi connectivity index (χ1) is 19.5. The van der Waals surface area contributed by atoms with Gasteiger partial charge in [0.1, 0.15) is 24.7 Å². The monoisotopic (exact) mass is 554 g/mol. The molecule has 0 bridgehead atoms. The molecule has 8 nitrogen and oxygen atoms in total. The van der Waals surface area contributed by atoms with Crippen molar-refractivity contribution in [2.75, 3.05) is 40.6 Å². The standard InChI is InChI=1S/C32H42O8/c1-5-7-17-29(33)39-23(19-35-3)21-37-31-25-13-9-11-15-27(25)32(28-16-12-10-14-26(28)31)38-22-24(20-36-4)40-30(34)18-8-6-2/h9-16,23-24H,5-8,17-22H2,1-4H3. The van der Waals surface area contributed by atoms with Crippen molar-refractivity contribution in [3.05, 3.63) is 48.5 Å². The summed E-state index contributed by atoms with van der Waals surface area (Å²) in [6.07, 6.45) is 3.04. The van der Waals surface area contributed by atoms with E-state index in [1.807, 2.05) is 62.4 Å².